The summed E-state index contributed by atoms with van der Waals surface area (Å²) in [5, 5.41) is 0.543. The molecule has 0 N–H and O–H groups in total. The first-order valence-corrected chi connectivity index (χ1v) is 10.0. The molecular weight excluding hydrogens is 362 g/mol. The summed E-state index contributed by atoms with van der Waals surface area (Å²) in [5.74, 6) is -0.465. The first-order chi connectivity index (χ1) is 11.8. The third-order valence-corrected chi connectivity index (χ3v) is 5.78. The van der Waals surface area contributed by atoms with Crippen LogP contribution in [0.2, 0.25) is 5.02 Å². The predicted octanol–water partition coefficient (Wildman–Crippen LogP) is 3.41. The first kappa shape index (κ1) is 17.8. The van der Waals surface area contributed by atoms with E-state index in [1.54, 1.807) is 30.3 Å². The summed E-state index contributed by atoms with van der Waals surface area (Å²) < 4.78 is 30.6. The van der Waals surface area contributed by atoms with Gasteiger partial charge in [-0.3, -0.25) is 4.31 Å². The molecule has 25 heavy (non-hydrogen) atoms. The van der Waals surface area contributed by atoms with Crippen LogP contribution in [0.1, 0.15) is 28.4 Å². The van der Waals surface area contributed by atoms with E-state index in [2.05, 4.69) is 0 Å². The normalized spacial score (nSPS) is 16.6. The Morgan fingerprint density at radius 2 is 2.00 bits per heavy atom. The summed E-state index contributed by atoms with van der Waals surface area (Å²) in [7, 11) is -3.35. The number of sulfonamides is 1. The molecule has 0 saturated heterocycles. The molecule has 0 saturated carbocycles. The van der Waals surface area contributed by atoms with E-state index in [1.807, 2.05) is 19.1 Å². The van der Waals surface area contributed by atoms with E-state index in [9.17, 15) is 13.2 Å². The Balaban J connectivity index is 1.78. The molecule has 0 bridgehead atoms. The largest absolute Gasteiger partial charge is 0.457 e. The Hall–Kier alpha value is -2.05. The quantitative estimate of drug-likeness (QED) is 0.764. The molecule has 0 radical (unpaired) electrons. The third-order valence-electron chi connectivity index (χ3n) is 4.14. The Bertz CT molecular complexity index is 926. The summed E-state index contributed by atoms with van der Waals surface area (Å²) in [5.41, 5.74) is 2.58. The lowest BCUT2D eigenvalue weighted by Crippen LogP contribution is -2.34. The minimum absolute atomic E-state index is 0.0848. The molecule has 2 aromatic rings. The maximum atomic E-state index is 12.3. The van der Waals surface area contributed by atoms with Crippen molar-refractivity contribution in [3.8, 4) is 0 Å². The van der Waals surface area contributed by atoms with Crippen molar-refractivity contribution in [2.24, 2.45) is 0 Å². The van der Waals surface area contributed by atoms with Crippen LogP contribution in [0, 0.1) is 0 Å². The molecule has 0 spiro atoms. The third kappa shape index (κ3) is 3.65. The van der Waals surface area contributed by atoms with Gasteiger partial charge in [-0.1, -0.05) is 29.8 Å². The van der Waals surface area contributed by atoms with Gasteiger partial charge in [-0.2, -0.15) is 0 Å². The highest BCUT2D eigenvalue weighted by molar-refractivity contribution is 7.92. The monoisotopic (exact) mass is 379 g/mol. The second-order valence-electron chi connectivity index (χ2n) is 6.12. The summed E-state index contributed by atoms with van der Waals surface area (Å²) >= 11 is 6.05. The Kier molecular flexibility index (Phi) is 4.75. The fourth-order valence-electron chi connectivity index (χ4n) is 3.08. The number of hydrogen-bond acceptors (Lipinski definition) is 4. The molecule has 1 unspecified atom stereocenters. The number of nitrogens with zero attached hydrogens (tertiary/aromatic N) is 1. The van der Waals surface area contributed by atoms with Gasteiger partial charge < -0.3 is 4.74 Å². The number of benzene rings is 2. The lowest BCUT2D eigenvalue weighted by molar-refractivity contribution is 0.0473. The number of ether oxygens (including phenoxy) is 1. The van der Waals surface area contributed by atoms with Crippen molar-refractivity contribution in [3.63, 3.8) is 0 Å². The molecular formula is C18H18ClNO4S. The second kappa shape index (κ2) is 6.69. The van der Waals surface area contributed by atoms with E-state index >= 15 is 0 Å². The van der Waals surface area contributed by atoms with Gasteiger partial charge in [-0.15, -0.1) is 0 Å². The van der Waals surface area contributed by atoms with E-state index in [4.69, 9.17) is 16.3 Å². The van der Waals surface area contributed by atoms with Crippen LogP contribution in [0.3, 0.4) is 0 Å². The maximum Gasteiger partial charge on any atom is 0.338 e. The van der Waals surface area contributed by atoms with Crippen LogP contribution in [-0.2, 0) is 27.8 Å². The molecule has 132 valence electrons. The van der Waals surface area contributed by atoms with Gasteiger partial charge in [0.2, 0.25) is 10.0 Å². The molecule has 5 nitrogen and oxygen atoms in total. The zero-order chi connectivity index (χ0) is 18.2. The second-order valence-corrected chi connectivity index (χ2v) is 8.39. The lowest BCUT2D eigenvalue weighted by atomic mass is 10.1. The minimum atomic E-state index is -3.35. The van der Waals surface area contributed by atoms with Crippen LogP contribution < -0.4 is 4.31 Å². The van der Waals surface area contributed by atoms with Crippen LogP contribution in [0.5, 0.6) is 0 Å². The molecule has 7 heteroatoms. The van der Waals surface area contributed by atoms with Crippen molar-refractivity contribution in [3.05, 3.63) is 64.2 Å². The molecule has 1 heterocycles. The highest BCUT2D eigenvalue weighted by Crippen LogP contribution is 2.34. The molecule has 0 aliphatic carbocycles. The Labute approximate surface area is 152 Å². The number of carbonyl (C=O) groups excluding carboxylic acids is 1. The molecule has 0 fully saturated rings. The van der Waals surface area contributed by atoms with E-state index in [1.165, 1.54) is 10.6 Å². The molecule has 3 rings (SSSR count). The lowest BCUT2D eigenvalue weighted by Gasteiger charge is -2.21. The molecule has 1 aliphatic rings. The highest BCUT2D eigenvalue weighted by Gasteiger charge is 2.32. The zero-order valence-corrected chi connectivity index (χ0v) is 15.5. The summed E-state index contributed by atoms with van der Waals surface area (Å²) in [4.78, 5) is 12.3. The van der Waals surface area contributed by atoms with Gasteiger partial charge in [0.05, 0.1) is 17.5 Å². The average molecular weight is 380 g/mol. The zero-order valence-electron chi connectivity index (χ0n) is 13.9. The van der Waals surface area contributed by atoms with Crippen LogP contribution in [0.25, 0.3) is 0 Å². The van der Waals surface area contributed by atoms with Crippen molar-refractivity contribution in [2.75, 3.05) is 10.6 Å². The fourth-order valence-corrected chi connectivity index (χ4v) is 4.53. The standard InChI is InChI=1S/C18H18ClNO4S/c1-12-9-15-10-13(7-8-17(15)20(12)25(2,22)23)18(21)24-11-14-5-3-4-6-16(14)19/h3-8,10,12H,9,11H2,1-2H3. The number of fused-ring (bicyclic) bond motifs is 1. The Morgan fingerprint density at radius 3 is 2.68 bits per heavy atom. The van der Waals surface area contributed by atoms with Gasteiger partial charge in [0.25, 0.3) is 0 Å². The molecule has 0 aromatic heterocycles. The van der Waals surface area contributed by atoms with Gasteiger partial charge in [-0.25, -0.2) is 13.2 Å². The van der Waals surface area contributed by atoms with E-state index in [0.29, 0.717) is 22.7 Å². The number of anilines is 1. The number of esters is 1. The number of rotatable bonds is 4. The van der Waals surface area contributed by atoms with Gasteiger partial charge in [0, 0.05) is 16.6 Å². The van der Waals surface area contributed by atoms with Crippen LogP contribution in [0.4, 0.5) is 5.69 Å². The van der Waals surface area contributed by atoms with E-state index in [-0.39, 0.29) is 12.6 Å². The summed E-state index contributed by atoms with van der Waals surface area (Å²) in [6.07, 6.45) is 1.75. The van der Waals surface area contributed by atoms with Crippen molar-refractivity contribution in [2.45, 2.75) is 26.0 Å². The van der Waals surface area contributed by atoms with Gasteiger partial charge in [0.1, 0.15) is 6.61 Å². The molecule has 1 atom stereocenters. The fraction of sp³-hybridized carbons (Fsp3) is 0.278. The van der Waals surface area contributed by atoms with Gasteiger partial charge >= 0.3 is 5.97 Å². The van der Waals surface area contributed by atoms with Crippen molar-refractivity contribution >= 4 is 33.3 Å². The first-order valence-electron chi connectivity index (χ1n) is 7.80. The molecule has 2 aromatic carbocycles. The SMILES string of the molecule is CC1Cc2cc(C(=O)OCc3ccccc3Cl)ccc2N1S(C)(=O)=O. The van der Waals surface area contributed by atoms with Crippen molar-refractivity contribution < 1.29 is 17.9 Å². The van der Waals surface area contributed by atoms with Crippen molar-refractivity contribution in [1.29, 1.82) is 0 Å². The van der Waals surface area contributed by atoms with Crippen molar-refractivity contribution in [1.82, 2.24) is 0 Å². The number of carbonyl (C=O) groups is 1. The number of halogens is 1. The highest BCUT2D eigenvalue weighted by atomic mass is 35.5. The average Bonchev–Trinajstić information content (AvgIpc) is 2.88. The minimum Gasteiger partial charge on any atom is -0.457 e. The predicted molar refractivity (Wildman–Crippen MR) is 97.5 cm³/mol. The summed E-state index contributed by atoms with van der Waals surface area (Å²) in [6.45, 7) is 1.93. The molecule has 1 aliphatic heterocycles. The molecule has 0 amide bonds. The number of hydrogen-bond donors (Lipinski definition) is 0. The van der Waals surface area contributed by atoms with E-state index in [0.717, 1.165) is 11.1 Å². The smallest absolute Gasteiger partial charge is 0.338 e. The van der Waals surface area contributed by atoms with Gasteiger partial charge in [-0.05, 0) is 43.2 Å². The summed E-state index contributed by atoms with van der Waals surface area (Å²) in [6, 6.07) is 11.9. The van der Waals surface area contributed by atoms with Crippen LogP contribution in [0.15, 0.2) is 42.5 Å². The maximum absolute atomic E-state index is 12.3. The van der Waals surface area contributed by atoms with E-state index < -0.39 is 16.0 Å². The Morgan fingerprint density at radius 1 is 1.28 bits per heavy atom. The van der Waals surface area contributed by atoms with Crippen LogP contribution in [-0.4, -0.2) is 26.7 Å². The van der Waals surface area contributed by atoms with Gasteiger partial charge in [0.15, 0.2) is 0 Å². The van der Waals surface area contributed by atoms with Crippen LogP contribution >= 0.6 is 11.6 Å². The topological polar surface area (TPSA) is 63.7 Å².